The molecule has 5 heterocycles. The van der Waals surface area contributed by atoms with Crippen LogP contribution in [0, 0.1) is 16.7 Å². The van der Waals surface area contributed by atoms with Crippen molar-refractivity contribution in [1.29, 1.82) is 5.26 Å². The third kappa shape index (κ3) is 5.52. The summed E-state index contributed by atoms with van der Waals surface area (Å²) in [5.41, 5.74) is 3.05. The van der Waals surface area contributed by atoms with Crippen molar-refractivity contribution in [3.05, 3.63) is 42.4 Å². The zero-order valence-corrected chi connectivity index (χ0v) is 22.4. The Hall–Kier alpha value is -3.48. The Morgan fingerprint density at radius 3 is 2.61 bits per heavy atom. The van der Waals surface area contributed by atoms with Gasteiger partial charge in [0.2, 0.25) is 0 Å². The highest BCUT2D eigenvalue weighted by Gasteiger charge is 2.38. The number of carbonyl (C=O) groups is 1. The van der Waals surface area contributed by atoms with Gasteiger partial charge in [0.1, 0.15) is 23.4 Å². The van der Waals surface area contributed by atoms with Crippen LogP contribution in [0.5, 0.6) is 5.75 Å². The molecule has 2 fully saturated rings. The lowest BCUT2D eigenvalue weighted by atomic mass is 9.73. The maximum absolute atomic E-state index is 12.5. The number of rotatable bonds is 9. The summed E-state index contributed by atoms with van der Waals surface area (Å²) in [6.07, 6.45) is 8.43. The number of pyridine rings is 2. The van der Waals surface area contributed by atoms with Crippen molar-refractivity contribution in [2.75, 3.05) is 57.4 Å². The summed E-state index contributed by atoms with van der Waals surface area (Å²) in [5, 5.41) is 14.0. The molecule has 2 aliphatic rings. The zero-order chi connectivity index (χ0) is 26.5. The monoisotopic (exact) mass is 516 g/mol. The van der Waals surface area contributed by atoms with Gasteiger partial charge in [-0.25, -0.2) is 9.50 Å². The summed E-state index contributed by atoms with van der Waals surface area (Å²) in [7, 11) is 0. The molecular formula is C29H36N6O3. The van der Waals surface area contributed by atoms with Gasteiger partial charge in [-0.2, -0.15) is 10.4 Å². The fraction of sp³-hybridized carbons (Fsp3) is 0.517. The van der Waals surface area contributed by atoms with E-state index >= 15 is 0 Å². The molecule has 0 aromatic carbocycles. The van der Waals surface area contributed by atoms with Crippen LogP contribution in [0.4, 0.5) is 5.82 Å². The van der Waals surface area contributed by atoms with Gasteiger partial charge in [0.25, 0.3) is 0 Å². The van der Waals surface area contributed by atoms with Gasteiger partial charge in [-0.3, -0.25) is 9.69 Å². The van der Waals surface area contributed by atoms with Crippen molar-refractivity contribution in [2.24, 2.45) is 5.41 Å². The van der Waals surface area contributed by atoms with Crippen LogP contribution in [-0.4, -0.2) is 77.8 Å². The molecule has 5 rings (SSSR count). The Morgan fingerprint density at radius 1 is 1.16 bits per heavy atom. The lowest BCUT2D eigenvalue weighted by molar-refractivity contribution is -0.122. The molecule has 200 valence electrons. The largest absolute Gasteiger partial charge is 0.492 e. The molecule has 9 nitrogen and oxygen atoms in total. The number of nitrogens with zero attached hydrogens (tertiary/aromatic N) is 6. The van der Waals surface area contributed by atoms with E-state index < -0.39 is 0 Å². The minimum atomic E-state index is 0.0158. The molecule has 0 spiro atoms. The van der Waals surface area contributed by atoms with Gasteiger partial charge >= 0.3 is 0 Å². The van der Waals surface area contributed by atoms with E-state index in [0.29, 0.717) is 36.5 Å². The van der Waals surface area contributed by atoms with Gasteiger partial charge in [0.05, 0.1) is 43.3 Å². The number of hydrogen-bond acceptors (Lipinski definition) is 8. The average Bonchev–Trinajstić information content (AvgIpc) is 3.37. The van der Waals surface area contributed by atoms with Crippen LogP contribution in [0.25, 0.3) is 16.6 Å². The normalized spacial score (nSPS) is 17.9. The van der Waals surface area contributed by atoms with Crippen molar-refractivity contribution in [1.82, 2.24) is 19.5 Å². The van der Waals surface area contributed by atoms with Crippen molar-refractivity contribution in [3.8, 4) is 22.9 Å². The van der Waals surface area contributed by atoms with Crippen LogP contribution < -0.4 is 9.64 Å². The molecule has 0 bridgehead atoms. The SMILES string of the molecule is CCOc1cc(-c2ccc(N3CCC(CC(=O)CC)(CN4CCOCC4)CC3)nc2)c2c(C#N)cnn2c1. The molecule has 0 atom stereocenters. The summed E-state index contributed by atoms with van der Waals surface area (Å²) in [5.74, 6) is 1.98. The smallest absolute Gasteiger partial charge is 0.138 e. The van der Waals surface area contributed by atoms with Gasteiger partial charge in [0, 0.05) is 62.9 Å². The van der Waals surface area contributed by atoms with Crippen LogP contribution in [0.3, 0.4) is 0 Å². The molecule has 0 N–H and O–H groups in total. The Balaban J connectivity index is 1.34. The maximum atomic E-state index is 12.5. The minimum Gasteiger partial charge on any atom is -0.492 e. The number of piperidine rings is 1. The molecular weight excluding hydrogens is 480 g/mol. The number of morpholine rings is 1. The summed E-state index contributed by atoms with van der Waals surface area (Å²) in [6.45, 7) is 10.6. The zero-order valence-electron chi connectivity index (χ0n) is 22.4. The predicted octanol–water partition coefficient (Wildman–Crippen LogP) is 3.95. The number of hydrogen-bond donors (Lipinski definition) is 0. The number of nitriles is 1. The molecule has 0 unspecified atom stereocenters. The van der Waals surface area contributed by atoms with Crippen molar-refractivity contribution in [2.45, 2.75) is 39.5 Å². The molecule has 2 saturated heterocycles. The molecule has 9 heteroatoms. The van der Waals surface area contributed by atoms with Crippen LogP contribution in [-0.2, 0) is 9.53 Å². The molecule has 2 aliphatic heterocycles. The van der Waals surface area contributed by atoms with E-state index in [1.54, 1.807) is 16.9 Å². The second kappa shape index (κ2) is 11.5. The lowest BCUT2D eigenvalue weighted by Gasteiger charge is -2.45. The third-order valence-electron chi connectivity index (χ3n) is 7.85. The predicted molar refractivity (Wildman–Crippen MR) is 145 cm³/mol. The van der Waals surface area contributed by atoms with Gasteiger partial charge in [-0.1, -0.05) is 6.92 Å². The van der Waals surface area contributed by atoms with Crippen LogP contribution in [0.15, 0.2) is 36.8 Å². The molecule has 0 saturated carbocycles. The van der Waals surface area contributed by atoms with Gasteiger partial charge in [0.15, 0.2) is 0 Å². The fourth-order valence-electron chi connectivity index (χ4n) is 5.75. The summed E-state index contributed by atoms with van der Waals surface area (Å²) >= 11 is 0. The Labute approximate surface area is 224 Å². The first kappa shape index (κ1) is 26.1. The van der Waals surface area contributed by atoms with E-state index in [1.807, 2.05) is 32.2 Å². The highest BCUT2D eigenvalue weighted by molar-refractivity contribution is 5.85. The van der Waals surface area contributed by atoms with E-state index in [2.05, 4.69) is 27.0 Å². The van der Waals surface area contributed by atoms with Gasteiger partial charge in [-0.15, -0.1) is 0 Å². The number of fused-ring (bicyclic) bond motifs is 1. The van der Waals surface area contributed by atoms with Crippen molar-refractivity contribution >= 4 is 17.1 Å². The Kier molecular flexibility index (Phi) is 7.91. The van der Waals surface area contributed by atoms with Crippen molar-refractivity contribution in [3.63, 3.8) is 0 Å². The molecule has 3 aromatic heterocycles. The summed E-state index contributed by atoms with van der Waals surface area (Å²) in [4.78, 5) is 22.1. The van der Waals surface area contributed by atoms with E-state index in [9.17, 15) is 10.1 Å². The van der Waals surface area contributed by atoms with Gasteiger partial charge in [-0.05, 0) is 43.4 Å². The van der Waals surface area contributed by atoms with E-state index in [4.69, 9.17) is 14.5 Å². The third-order valence-corrected chi connectivity index (χ3v) is 7.85. The van der Waals surface area contributed by atoms with Crippen LogP contribution in [0.1, 0.15) is 45.1 Å². The first-order valence-corrected chi connectivity index (χ1v) is 13.6. The lowest BCUT2D eigenvalue weighted by Crippen LogP contribution is -2.49. The topological polar surface area (TPSA) is 96.0 Å². The number of ketones is 1. The molecule has 3 aromatic rings. The van der Waals surface area contributed by atoms with Crippen molar-refractivity contribution < 1.29 is 14.3 Å². The highest BCUT2D eigenvalue weighted by atomic mass is 16.5. The van der Waals surface area contributed by atoms with Crippen LogP contribution >= 0.6 is 0 Å². The van der Waals surface area contributed by atoms with E-state index in [-0.39, 0.29) is 5.41 Å². The number of aromatic nitrogens is 3. The minimum absolute atomic E-state index is 0.0158. The second-order valence-corrected chi connectivity index (χ2v) is 10.3. The average molecular weight is 517 g/mol. The summed E-state index contributed by atoms with van der Waals surface area (Å²) < 4.78 is 13.0. The van der Waals surface area contributed by atoms with Crippen LogP contribution in [0.2, 0.25) is 0 Å². The summed E-state index contributed by atoms with van der Waals surface area (Å²) in [6, 6.07) is 8.29. The maximum Gasteiger partial charge on any atom is 0.138 e. The molecule has 0 amide bonds. The first-order valence-electron chi connectivity index (χ1n) is 13.6. The number of ether oxygens (including phenoxy) is 2. The molecule has 0 aliphatic carbocycles. The Bertz CT molecular complexity index is 1300. The highest BCUT2D eigenvalue weighted by Crippen LogP contribution is 2.38. The second-order valence-electron chi connectivity index (χ2n) is 10.3. The number of Topliss-reactive ketones (excluding diaryl/α,β-unsaturated/α-hetero) is 1. The molecule has 38 heavy (non-hydrogen) atoms. The quantitative estimate of drug-likeness (QED) is 0.422. The Morgan fingerprint density at radius 2 is 1.95 bits per heavy atom. The standard InChI is InChI=1S/C29H36N6O3/c1-3-24(36)16-29(21-33-11-13-37-14-12-33)7-9-34(10-8-29)27-6-5-22(18-31-27)26-15-25(38-4-2)20-35-28(26)23(17-30)19-32-35/h5-6,15,18-20H,3-4,7-14,16,21H2,1-2H3. The van der Waals surface area contributed by atoms with E-state index in [0.717, 1.165) is 81.2 Å². The molecule has 0 radical (unpaired) electrons. The number of anilines is 1. The van der Waals surface area contributed by atoms with E-state index in [1.165, 1.54) is 0 Å². The number of carbonyl (C=O) groups excluding carboxylic acids is 1. The van der Waals surface area contributed by atoms with Gasteiger partial charge < -0.3 is 14.4 Å². The first-order chi connectivity index (χ1) is 18.5. The fourth-order valence-corrected chi connectivity index (χ4v) is 5.75.